The molecule has 0 atom stereocenters. The molecule has 0 saturated carbocycles. The largest absolute Gasteiger partial charge is 0.495 e. The minimum Gasteiger partial charge on any atom is -0.495 e. The number of benzene rings is 1. The van der Waals surface area contributed by atoms with Crippen LogP contribution in [0.5, 0.6) is 11.5 Å². The van der Waals surface area contributed by atoms with Gasteiger partial charge in [0.1, 0.15) is 11.5 Å². The fourth-order valence-electron chi connectivity index (χ4n) is 1.22. The first-order chi connectivity index (χ1) is 7.42. The molecule has 0 aliphatic heterocycles. The molecule has 0 aliphatic rings. The molecule has 0 radical (unpaired) electrons. The lowest BCUT2D eigenvalue weighted by Crippen LogP contribution is -2.21. The number of nitrogens with two attached hydrogens (primary N) is 1. The molecule has 0 spiro atoms. The van der Waals surface area contributed by atoms with E-state index in [9.17, 15) is 5.11 Å². The maximum absolute atomic E-state index is 9.51. The smallest absolute Gasteiger partial charge is 0.142 e. The number of rotatable bonds is 5. The van der Waals surface area contributed by atoms with E-state index in [1.807, 2.05) is 0 Å². The maximum Gasteiger partial charge on any atom is 0.142 e. The Kier molecular flexibility index (Phi) is 4.01. The Morgan fingerprint density at radius 2 is 2.06 bits per heavy atom. The van der Waals surface area contributed by atoms with Crippen LogP contribution in [0.1, 0.15) is 20.3 Å². The second-order valence-corrected chi connectivity index (χ2v) is 4.31. The average Bonchev–Trinajstić information content (AvgIpc) is 2.16. The van der Waals surface area contributed by atoms with Crippen LogP contribution in [-0.4, -0.2) is 24.4 Å². The highest BCUT2D eigenvalue weighted by Crippen LogP contribution is 2.26. The number of nitrogen functional groups attached to an aromatic ring is 1. The van der Waals surface area contributed by atoms with Crippen molar-refractivity contribution >= 4 is 5.69 Å². The fraction of sp³-hybridized carbons (Fsp3) is 0.500. The van der Waals surface area contributed by atoms with Gasteiger partial charge in [-0.25, -0.2) is 0 Å². The third-order valence-corrected chi connectivity index (χ3v) is 2.18. The van der Waals surface area contributed by atoms with Gasteiger partial charge in [-0.2, -0.15) is 0 Å². The Morgan fingerprint density at radius 1 is 1.38 bits per heavy atom. The van der Waals surface area contributed by atoms with Crippen molar-refractivity contribution in [2.45, 2.75) is 25.9 Å². The highest BCUT2D eigenvalue weighted by Gasteiger charge is 2.12. The Labute approximate surface area is 96.0 Å². The SMILES string of the molecule is COc1ccc(OCCC(C)(C)O)cc1N. The monoisotopic (exact) mass is 225 g/mol. The van der Waals surface area contributed by atoms with Gasteiger partial charge in [0.15, 0.2) is 0 Å². The lowest BCUT2D eigenvalue weighted by atomic mass is 10.1. The van der Waals surface area contributed by atoms with Gasteiger partial charge in [-0.3, -0.25) is 0 Å². The number of hydrogen-bond donors (Lipinski definition) is 2. The molecule has 4 nitrogen and oxygen atoms in total. The third-order valence-electron chi connectivity index (χ3n) is 2.18. The van der Waals surface area contributed by atoms with Gasteiger partial charge in [-0.05, 0) is 26.0 Å². The molecule has 90 valence electrons. The zero-order valence-corrected chi connectivity index (χ0v) is 9.99. The molecule has 1 aromatic rings. The van der Waals surface area contributed by atoms with Crippen LogP contribution in [-0.2, 0) is 0 Å². The van der Waals surface area contributed by atoms with Gasteiger partial charge in [0.2, 0.25) is 0 Å². The lowest BCUT2D eigenvalue weighted by Gasteiger charge is -2.17. The molecule has 0 aliphatic carbocycles. The van der Waals surface area contributed by atoms with Crippen LogP contribution < -0.4 is 15.2 Å². The van der Waals surface area contributed by atoms with Gasteiger partial charge in [-0.15, -0.1) is 0 Å². The van der Waals surface area contributed by atoms with Crippen molar-refractivity contribution in [3.8, 4) is 11.5 Å². The predicted molar refractivity (Wildman–Crippen MR) is 63.8 cm³/mol. The minimum atomic E-state index is -0.710. The van der Waals surface area contributed by atoms with E-state index in [0.717, 1.165) is 0 Å². The first kappa shape index (κ1) is 12.6. The molecule has 0 aromatic heterocycles. The third kappa shape index (κ3) is 3.98. The zero-order chi connectivity index (χ0) is 12.2. The van der Waals surface area contributed by atoms with Crippen LogP contribution in [0.2, 0.25) is 0 Å². The Bertz CT molecular complexity index is 345. The maximum atomic E-state index is 9.51. The molecular formula is C12H19NO3. The van der Waals surface area contributed by atoms with E-state index in [2.05, 4.69) is 0 Å². The van der Waals surface area contributed by atoms with Crippen LogP contribution in [0.3, 0.4) is 0 Å². The highest BCUT2D eigenvalue weighted by atomic mass is 16.5. The second-order valence-electron chi connectivity index (χ2n) is 4.31. The summed E-state index contributed by atoms with van der Waals surface area (Å²) < 4.78 is 10.5. The van der Waals surface area contributed by atoms with Gasteiger partial charge in [0.05, 0.1) is 25.0 Å². The van der Waals surface area contributed by atoms with E-state index >= 15 is 0 Å². The van der Waals surface area contributed by atoms with Crippen molar-refractivity contribution in [3.05, 3.63) is 18.2 Å². The van der Waals surface area contributed by atoms with E-state index < -0.39 is 5.60 Å². The predicted octanol–water partition coefficient (Wildman–Crippen LogP) is 1.82. The summed E-state index contributed by atoms with van der Waals surface area (Å²) in [5, 5.41) is 9.51. The molecule has 3 N–H and O–H groups in total. The topological polar surface area (TPSA) is 64.7 Å². The first-order valence-corrected chi connectivity index (χ1v) is 5.21. The van der Waals surface area contributed by atoms with Gasteiger partial charge < -0.3 is 20.3 Å². The standard InChI is InChI=1S/C12H19NO3/c1-12(2,14)6-7-16-9-4-5-11(15-3)10(13)8-9/h4-5,8,14H,6-7,13H2,1-3H3. The molecule has 4 heteroatoms. The molecule has 0 bridgehead atoms. The Morgan fingerprint density at radius 3 is 2.56 bits per heavy atom. The van der Waals surface area contributed by atoms with Crippen LogP contribution in [0.25, 0.3) is 0 Å². The summed E-state index contributed by atoms with van der Waals surface area (Å²) in [4.78, 5) is 0. The van der Waals surface area contributed by atoms with Gasteiger partial charge in [0, 0.05) is 12.5 Å². The second kappa shape index (κ2) is 5.07. The van der Waals surface area contributed by atoms with E-state index in [1.165, 1.54) is 0 Å². The molecule has 1 rings (SSSR count). The first-order valence-electron chi connectivity index (χ1n) is 5.21. The quantitative estimate of drug-likeness (QED) is 0.750. The van der Waals surface area contributed by atoms with Crippen LogP contribution in [0, 0.1) is 0 Å². The molecule has 0 amide bonds. The lowest BCUT2D eigenvalue weighted by molar-refractivity contribution is 0.0553. The van der Waals surface area contributed by atoms with Gasteiger partial charge in [-0.1, -0.05) is 0 Å². The Balaban J connectivity index is 2.52. The van der Waals surface area contributed by atoms with Crippen molar-refractivity contribution in [2.24, 2.45) is 0 Å². The number of aliphatic hydroxyl groups is 1. The summed E-state index contributed by atoms with van der Waals surface area (Å²) in [6.45, 7) is 3.95. The molecule has 0 fully saturated rings. The van der Waals surface area contributed by atoms with Crippen molar-refractivity contribution in [3.63, 3.8) is 0 Å². The molecule has 1 aromatic carbocycles. The van der Waals surface area contributed by atoms with Crippen LogP contribution in [0.15, 0.2) is 18.2 Å². The summed E-state index contributed by atoms with van der Waals surface area (Å²) in [5.74, 6) is 1.32. The molecule has 16 heavy (non-hydrogen) atoms. The summed E-state index contributed by atoms with van der Waals surface area (Å²) in [5.41, 5.74) is 5.57. The summed E-state index contributed by atoms with van der Waals surface area (Å²) >= 11 is 0. The fourth-order valence-corrected chi connectivity index (χ4v) is 1.22. The van der Waals surface area contributed by atoms with E-state index in [4.69, 9.17) is 15.2 Å². The molecule has 0 unspecified atom stereocenters. The number of methoxy groups -OCH3 is 1. The molecular weight excluding hydrogens is 206 g/mol. The van der Waals surface area contributed by atoms with Crippen molar-refractivity contribution in [2.75, 3.05) is 19.5 Å². The van der Waals surface area contributed by atoms with E-state index in [-0.39, 0.29) is 0 Å². The Hall–Kier alpha value is -1.42. The normalized spacial score (nSPS) is 11.2. The van der Waals surface area contributed by atoms with Crippen molar-refractivity contribution in [1.29, 1.82) is 0 Å². The van der Waals surface area contributed by atoms with Gasteiger partial charge >= 0.3 is 0 Å². The number of ether oxygens (including phenoxy) is 2. The van der Waals surface area contributed by atoms with Crippen molar-refractivity contribution < 1.29 is 14.6 Å². The molecule has 0 heterocycles. The van der Waals surface area contributed by atoms with E-state index in [0.29, 0.717) is 30.2 Å². The highest BCUT2D eigenvalue weighted by molar-refractivity contribution is 5.56. The molecule has 0 saturated heterocycles. The van der Waals surface area contributed by atoms with Gasteiger partial charge in [0.25, 0.3) is 0 Å². The summed E-state index contributed by atoms with van der Waals surface area (Å²) in [6.07, 6.45) is 0.568. The zero-order valence-electron chi connectivity index (χ0n) is 9.99. The summed E-state index contributed by atoms with van der Waals surface area (Å²) in [7, 11) is 1.57. The van der Waals surface area contributed by atoms with Crippen molar-refractivity contribution in [1.82, 2.24) is 0 Å². The van der Waals surface area contributed by atoms with E-state index in [1.54, 1.807) is 39.2 Å². The number of hydrogen-bond acceptors (Lipinski definition) is 4. The summed E-state index contributed by atoms with van der Waals surface area (Å²) in [6, 6.07) is 5.26. The van der Waals surface area contributed by atoms with Crippen LogP contribution >= 0.6 is 0 Å². The number of anilines is 1. The minimum absolute atomic E-state index is 0.454. The van der Waals surface area contributed by atoms with Crippen LogP contribution in [0.4, 0.5) is 5.69 Å². The average molecular weight is 225 g/mol.